The highest BCUT2D eigenvalue weighted by Crippen LogP contribution is 2.29. The Bertz CT molecular complexity index is 990. The molecule has 2 aromatic heterocycles. The zero-order valence-electron chi connectivity index (χ0n) is 20.6. The third kappa shape index (κ3) is 5.53. The topological polar surface area (TPSA) is 76.9 Å². The van der Waals surface area contributed by atoms with Crippen LogP contribution >= 0.6 is 0 Å². The molecule has 1 fully saturated rings. The molecule has 8 nitrogen and oxygen atoms in total. The molecule has 2 aromatic rings. The molecule has 0 spiro atoms. The number of nitrogens with zero attached hydrogens (tertiary/aromatic N) is 4. The van der Waals surface area contributed by atoms with Crippen LogP contribution in [0.4, 0.5) is 15.4 Å². The third-order valence-electron chi connectivity index (χ3n) is 5.13. The number of piperazine rings is 1. The predicted molar refractivity (Wildman–Crippen MR) is 125 cm³/mol. The van der Waals surface area contributed by atoms with E-state index < -0.39 is 17.3 Å². The van der Waals surface area contributed by atoms with Crippen LogP contribution in [0.3, 0.4) is 0 Å². The van der Waals surface area contributed by atoms with Crippen molar-refractivity contribution < 1.29 is 19.1 Å². The van der Waals surface area contributed by atoms with E-state index in [1.54, 1.807) is 9.47 Å². The van der Waals surface area contributed by atoms with Crippen molar-refractivity contribution in [3.8, 4) is 0 Å². The Morgan fingerprint density at radius 1 is 0.906 bits per heavy atom. The molecule has 0 bridgehead atoms. The Morgan fingerprint density at radius 3 is 2.00 bits per heavy atom. The summed E-state index contributed by atoms with van der Waals surface area (Å²) in [5, 5.41) is 0. The van der Waals surface area contributed by atoms with Gasteiger partial charge in [0, 0.05) is 32.4 Å². The van der Waals surface area contributed by atoms with Gasteiger partial charge in [0.15, 0.2) is 0 Å². The van der Waals surface area contributed by atoms with E-state index in [1.165, 1.54) is 0 Å². The molecule has 0 radical (unpaired) electrons. The summed E-state index contributed by atoms with van der Waals surface area (Å²) in [6.07, 6.45) is 1.15. The molecule has 0 atom stereocenters. The zero-order chi connectivity index (χ0) is 23.8. The van der Waals surface area contributed by atoms with E-state index in [0.29, 0.717) is 26.2 Å². The number of amides is 1. The molecule has 3 heterocycles. The van der Waals surface area contributed by atoms with E-state index in [4.69, 9.17) is 14.5 Å². The molecule has 1 aliphatic heterocycles. The second-order valence-electron chi connectivity index (χ2n) is 10.6. The summed E-state index contributed by atoms with van der Waals surface area (Å²) in [5.74, 6) is 1.04. The molecule has 3 rings (SSSR count). The van der Waals surface area contributed by atoms with E-state index in [2.05, 4.69) is 18.7 Å². The Hall–Kier alpha value is -2.77. The molecular weight excluding hydrogens is 408 g/mol. The maximum absolute atomic E-state index is 12.7. The maximum Gasteiger partial charge on any atom is 0.419 e. The number of hydrogen-bond donors (Lipinski definition) is 0. The van der Waals surface area contributed by atoms with Gasteiger partial charge in [-0.3, -0.25) is 4.57 Å². The SMILES string of the molecule is CC(C)c1cn(C(=O)OC(C)(C)C)c2ccc(N3CCN(C(=O)OC(C)(C)C)CC3)nc12. The summed E-state index contributed by atoms with van der Waals surface area (Å²) < 4.78 is 12.6. The number of fused-ring (bicyclic) bond motifs is 1. The van der Waals surface area contributed by atoms with E-state index in [9.17, 15) is 9.59 Å². The van der Waals surface area contributed by atoms with Gasteiger partial charge in [-0.25, -0.2) is 14.6 Å². The molecule has 1 saturated heterocycles. The van der Waals surface area contributed by atoms with Crippen LogP contribution in [-0.4, -0.2) is 64.0 Å². The fraction of sp³-hybridized carbons (Fsp3) is 0.625. The van der Waals surface area contributed by atoms with Gasteiger partial charge in [0.1, 0.15) is 17.0 Å². The zero-order valence-corrected chi connectivity index (χ0v) is 20.6. The van der Waals surface area contributed by atoms with Crippen molar-refractivity contribution in [3.05, 3.63) is 23.9 Å². The van der Waals surface area contributed by atoms with Gasteiger partial charge in [-0.15, -0.1) is 0 Å². The fourth-order valence-electron chi connectivity index (χ4n) is 3.62. The molecular formula is C24H36N4O4. The normalized spacial score (nSPS) is 15.4. The van der Waals surface area contributed by atoms with Crippen LogP contribution in [-0.2, 0) is 9.47 Å². The standard InChI is InChI=1S/C24H36N4O4/c1-16(2)17-15-28(22(30)32-24(6,7)8)18-9-10-19(25-20(17)18)26-11-13-27(14-12-26)21(29)31-23(3,4)5/h9-10,15-16H,11-14H2,1-8H3. The minimum Gasteiger partial charge on any atom is -0.444 e. The molecule has 0 N–H and O–H groups in total. The van der Waals surface area contributed by atoms with Crippen LogP contribution in [0.1, 0.15) is 66.9 Å². The first-order valence-electron chi connectivity index (χ1n) is 11.2. The predicted octanol–water partition coefficient (Wildman–Crippen LogP) is 5.00. The van der Waals surface area contributed by atoms with E-state index >= 15 is 0 Å². The molecule has 0 unspecified atom stereocenters. The lowest BCUT2D eigenvalue weighted by Crippen LogP contribution is -2.50. The van der Waals surface area contributed by atoms with Crippen molar-refractivity contribution in [3.63, 3.8) is 0 Å². The largest absolute Gasteiger partial charge is 0.444 e. The first-order valence-corrected chi connectivity index (χ1v) is 11.2. The first kappa shape index (κ1) is 23.9. The van der Waals surface area contributed by atoms with Gasteiger partial charge in [-0.1, -0.05) is 13.8 Å². The Morgan fingerprint density at radius 2 is 1.47 bits per heavy atom. The lowest BCUT2D eigenvalue weighted by atomic mass is 10.1. The van der Waals surface area contributed by atoms with Gasteiger partial charge in [0.05, 0.1) is 11.0 Å². The summed E-state index contributed by atoms with van der Waals surface area (Å²) in [6, 6.07) is 3.85. The fourth-order valence-corrected chi connectivity index (χ4v) is 3.62. The number of ether oxygens (including phenoxy) is 2. The second kappa shape index (κ2) is 8.64. The Kier molecular flexibility index (Phi) is 6.45. The van der Waals surface area contributed by atoms with Gasteiger partial charge in [-0.05, 0) is 65.2 Å². The van der Waals surface area contributed by atoms with Crippen molar-refractivity contribution in [2.45, 2.75) is 72.5 Å². The van der Waals surface area contributed by atoms with Gasteiger partial charge < -0.3 is 19.3 Å². The van der Waals surface area contributed by atoms with E-state index in [0.717, 1.165) is 22.4 Å². The summed E-state index contributed by atoms with van der Waals surface area (Å²) >= 11 is 0. The lowest BCUT2D eigenvalue weighted by molar-refractivity contribution is 0.0240. The number of carbonyl (C=O) groups excluding carboxylic acids is 2. The molecule has 8 heteroatoms. The Balaban J connectivity index is 1.82. The lowest BCUT2D eigenvalue weighted by Gasteiger charge is -2.36. The highest BCUT2D eigenvalue weighted by molar-refractivity contribution is 5.91. The molecule has 1 amide bonds. The van der Waals surface area contributed by atoms with Gasteiger partial charge >= 0.3 is 12.2 Å². The van der Waals surface area contributed by atoms with Gasteiger partial charge in [0.25, 0.3) is 0 Å². The second-order valence-corrected chi connectivity index (χ2v) is 10.6. The first-order chi connectivity index (χ1) is 14.7. The third-order valence-corrected chi connectivity index (χ3v) is 5.13. The van der Waals surface area contributed by atoms with Crippen molar-refractivity contribution in [1.29, 1.82) is 0 Å². The van der Waals surface area contributed by atoms with Crippen LogP contribution in [0.2, 0.25) is 0 Å². The van der Waals surface area contributed by atoms with Crippen molar-refractivity contribution in [2.24, 2.45) is 0 Å². The van der Waals surface area contributed by atoms with Gasteiger partial charge in [0.2, 0.25) is 0 Å². The number of anilines is 1. The molecule has 0 aromatic carbocycles. The number of rotatable bonds is 2. The van der Waals surface area contributed by atoms with Crippen LogP contribution in [0.15, 0.2) is 18.3 Å². The Labute approximate surface area is 190 Å². The monoisotopic (exact) mass is 444 g/mol. The van der Waals surface area contributed by atoms with E-state index in [1.807, 2.05) is 59.9 Å². The van der Waals surface area contributed by atoms with Crippen molar-refractivity contribution >= 4 is 29.0 Å². The quantitative estimate of drug-likeness (QED) is 0.649. The average Bonchev–Trinajstić information content (AvgIpc) is 3.04. The maximum atomic E-state index is 12.7. The van der Waals surface area contributed by atoms with Crippen LogP contribution in [0, 0.1) is 0 Å². The summed E-state index contributed by atoms with van der Waals surface area (Å²) in [4.78, 5) is 33.9. The summed E-state index contributed by atoms with van der Waals surface area (Å²) in [7, 11) is 0. The average molecular weight is 445 g/mol. The number of aromatic nitrogens is 2. The minimum atomic E-state index is -0.577. The summed E-state index contributed by atoms with van der Waals surface area (Å²) in [6.45, 7) is 17.8. The van der Waals surface area contributed by atoms with E-state index in [-0.39, 0.29) is 12.0 Å². The molecule has 1 aliphatic rings. The molecule has 32 heavy (non-hydrogen) atoms. The van der Waals surface area contributed by atoms with Crippen molar-refractivity contribution in [2.75, 3.05) is 31.1 Å². The summed E-state index contributed by atoms with van der Waals surface area (Å²) in [5.41, 5.74) is 1.46. The number of pyridine rings is 1. The smallest absolute Gasteiger partial charge is 0.419 e. The van der Waals surface area contributed by atoms with Crippen molar-refractivity contribution in [1.82, 2.24) is 14.5 Å². The highest BCUT2D eigenvalue weighted by Gasteiger charge is 2.27. The van der Waals surface area contributed by atoms with Crippen LogP contribution in [0.25, 0.3) is 11.0 Å². The molecule has 0 aliphatic carbocycles. The minimum absolute atomic E-state index is 0.202. The number of hydrogen-bond acceptors (Lipinski definition) is 6. The molecule has 176 valence electrons. The number of carbonyl (C=O) groups is 2. The highest BCUT2D eigenvalue weighted by atomic mass is 16.6. The van der Waals surface area contributed by atoms with Gasteiger partial charge in [-0.2, -0.15) is 0 Å². The van der Waals surface area contributed by atoms with Crippen LogP contribution in [0.5, 0.6) is 0 Å². The van der Waals surface area contributed by atoms with Crippen LogP contribution < -0.4 is 4.90 Å². The molecule has 0 saturated carbocycles.